The average molecular weight is 615 g/mol. The Hall–Kier alpha value is -3.17. The van der Waals surface area contributed by atoms with Gasteiger partial charge in [-0.15, -0.1) is 0 Å². The largest absolute Gasteiger partial charge is 0.354 e. The third-order valence-electron chi connectivity index (χ3n) is 6.48. The Kier molecular flexibility index (Phi) is 11.1. The molecule has 208 valence electrons. The molecule has 1 atom stereocenters. The fourth-order valence-corrected chi connectivity index (χ4v) is 5.50. The van der Waals surface area contributed by atoms with Gasteiger partial charge in [0.15, 0.2) is 0 Å². The summed E-state index contributed by atoms with van der Waals surface area (Å²) < 4.78 is 27.5. The van der Waals surface area contributed by atoms with Crippen LogP contribution in [0.2, 0.25) is 0 Å². The molecule has 0 unspecified atom stereocenters. The van der Waals surface area contributed by atoms with Gasteiger partial charge in [-0.25, -0.2) is 8.42 Å². The predicted molar refractivity (Wildman–Crippen MR) is 160 cm³/mol. The highest BCUT2D eigenvalue weighted by Crippen LogP contribution is 2.24. The lowest BCUT2D eigenvalue weighted by Gasteiger charge is -2.34. The van der Waals surface area contributed by atoms with E-state index in [4.69, 9.17) is 0 Å². The first-order valence-corrected chi connectivity index (χ1v) is 15.6. The van der Waals surface area contributed by atoms with E-state index in [0.29, 0.717) is 23.1 Å². The van der Waals surface area contributed by atoms with Crippen molar-refractivity contribution in [1.29, 1.82) is 0 Å². The summed E-state index contributed by atoms with van der Waals surface area (Å²) >= 11 is 3.38. The van der Waals surface area contributed by atoms with Crippen LogP contribution in [0.15, 0.2) is 83.3 Å². The van der Waals surface area contributed by atoms with Gasteiger partial charge in [-0.2, -0.15) is 0 Å². The highest BCUT2D eigenvalue weighted by atomic mass is 79.9. The minimum absolute atomic E-state index is 0.167. The number of rotatable bonds is 13. The van der Waals surface area contributed by atoms with E-state index in [1.165, 1.54) is 4.90 Å². The van der Waals surface area contributed by atoms with E-state index in [-0.39, 0.29) is 12.5 Å². The van der Waals surface area contributed by atoms with Crippen molar-refractivity contribution in [2.45, 2.75) is 45.7 Å². The van der Waals surface area contributed by atoms with E-state index in [1.54, 1.807) is 24.3 Å². The Balaban J connectivity index is 2.04. The monoisotopic (exact) mass is 613 g/mol. The molecule has 0 heterocycles. The summed E-state index contributed by atoms with van der Waals surface area (Å²) in [6, 6.07) is 23.2. The first-order chi connectivity index (χ1) is 18.6. The molecule has 0 aliphatic heterocycles. The number of aryl methyl sites for hydroxylation is 1. The number of nitrogens with one attached hydrogen (secondary N) is 1. The number of anilines is 1. The number of unbranched alkanes of at least 4 members (excludes halogenated alkanes) is 1. The van der Waals surface area contributed by atoms with E-state index in [9.17, 15) is 18.0 Å². The first-order valence-electron chi connectivity index (χ1n) is 13.0. The van der Waals surface area contributed by atoms with Gasteiger partial charge in [0.1, 0.15) is 12.6 Å². The van der Waals surface area contributed by atoms with Crippen molar-refractivity contribution in [2.24, 2.45) is 0 Å². The normalized spacial score (nSPS) is 12.0. The highest BCUT2D eigenvalue weighted by Gasteiger charge is 2.33. The van der Waals surface area contributed by atoms with Crippen LogP contribution in [0.4, 0.5) is 5.69 Å². The lowest BCUT2D eigenvalue weighted by Crippen LogP contribution is -2.53. The summed E-state index contributed by atoms with van der Waals surface area (Å²) in [7, 11) is -3.80. The van der Waals surface area contributed by atoms with Crippen LogP contribution in [-0.2, 0) is 32.6 Å². The van der Waals surface area contributed by atoms with Crippen LogP contribution in [0.5, 0.6) is 0 Å². The summed E-state index contributed by atoms with van der Waals surface area (Å²) in [4.78, 5) is 29.2. The molecule has 0 aliphatic carbocycles. The number of hydrogen-bond donors (Lipinski definition) is 1. The zero-order valence-corrected chi connectivity index (χ0v) is 25.0. The number of carbonyl (C=O) groups excluding carboxylic acids is 2. The second-order valence-corrected chi connectivity index (χ2v) is 12.4. The maximum Gasteiger partial charge on any atom is 0.244 e. The highest BCUT2D eigenvalue weighted by molar-refractivity contribution is 9.10. The zero-order valence-electron chi connectivity index (χ0n) is 22.6. The molecule has 2 amide bonds. The zero-order chi connectivity index (χ0) is 28.4. The maximum absolute atomic E-state index is 14.1. The molecule has 3 rings (SSSR count). The molecule has 0 radical (unpaired) electrons. The lowest BCUT2D eigenvalue weighted by molar-refractivity contribution is -0.140. The van der Waals surface area contributed by atoms with Crippen molar-refractivity contribution < 1.29 is 18.0 Å². The smallest absolute Gasteiger partial charge is 0.244 e. The SMILES string of the molecule is CCCCNC(=O)[C@@H](Cc1ccccc1)N(Cc1ccccc1C)C(=O)CN(c1cccc(Br)c1)S(C)(=O)=O. The van der Waals surface area contributed by atoms with Gasteiger partial charge < -0.3 is 10.2 Å². The van der Waals surface area contributed by atoms with Crippen molar-refractivity contribution in [1.82, 2.24) is 10.2 Å². The second-order valence-electron chi connectivity index (χ2n) is 9.55. The molecule has 0 spiro atoms. The van der Waals surface area contributed by atoms with Crippen LogP contribution in [0.1, 0.15) is 36.5 Å². The van der Waals surface area contributed by atoms with Crippen LogP contribution in [0.3, 0.4) is 0 Å². The van der Waals surface area contributed by atoms with Crippen molar-refractivity contribution in [2.75, 3.05) is 23.7 Å². The third-order valence-corrected chi connectivity index (χ3v) is 8.11. The van der Waals surface area contributed by atoms with E-state index < -0.39 is 28.5 Å². The first kappa shape index (κ1) is 30.4. The Morgan fingerprint density at radius 1 is 0.974 bits per heavy atom. The minimum Gasteiger partial charge on any atom is -0.354 e. The van der Waals surface area contributed by atoms with Gasteiger partial charge in [0.25, 0.3) is 0 Å². The molecule has 0 aliphatic rings. The molecule has 0 saturated heterocycles. The van der Waals surface area contributed by atoms with Crippen molar-refractivity contribution in [3.8, 4) is 0 Å². The molecule has 0 saturated carbocycles. The van der Waals surface area contributed by atoms with E-state index in [1.807, 2.05) is 68.4 Å². The fourth-order valence-electron chi connectivity index (χ4n) is 4.28. The number of hydrogen-bond acceptors (Lipinski definition) is 4. The number of amides is 2. The number of carbonyl (C=O) groups is 2. The van der Waals surface area contributed by atoms with Crippen molar-refractivity contribution >= 4 is 43.5 Å². The van der Waals surface area contributed by atoms with Gasteiger partial charge in [-0.1, -0.05) is 89.9 Å². The van der Waals surface area contributed by atoms with Gasteiger partial charge in [0.2, 0.25) is 21.8 Å². The van der Waals surface area contributed by atoms with Crippen molar-refractivity contribution in [3.63, 3.8) is 0 Å². The van der Waals surface area contributed by atoms with Crippen LogP contribution >= 0.6 is 15.9 Å². The van der Waals surface area contributed by atoms with Crippen LogP contribution in [-0.4, -0.2) is 50.5 Å². The number of sulfonamides is 1. The molecule has 39 heavy (non-hydrogen) atoms. The number of nitrogens with zero attached hydrogens (tertiary/aromatic N) is 2. The summed E-state index contributed by atoms with van der Waals surface area (Å²) in [6.07, 6.45) is 3.11. The average Bonchev–Trinajstić information content (AvgIpc) is 2.90. The Labute approximate surface area is 240 Å². The Morgan fingerprint density at radius 3 is 2.31 bits per heavy atom. The van der Waals surface area contributed by atoms with Gasteiger partial charge in [0, 0.05) is 24.0 Å². The third kappa shape index (κ3) is 8.93. The number of benzene rings is 3. The standard InChI is InChI=1S/C30H36BrN3O4S/c1-4-5-18-32-30(36)28(19-24-13-7-6-8-14-24)33(21-25-15-10-9-12-23(25)2)29(35)22-34(39(3,37)38)27-17-11-16-26(31)20-27/h6-17,20,28H,4-5,18-19,21-22H2,1-3H3,(H,32,36)/t28-/m1/s1. The van der Waals surface area contributed by atoms with Crippen LogP contribution in [0.25, 0.3) is 0 Å². The quantitative estimate of drug-likeness (QED) is 0.272. The summed E-state index contributed by atoms with van der Waals surface area (Å²) in [5.74, 6) is -0.724. The minimum atomic E-state index is -3.80. The summed E-state index contributed by atoms with van der Waals surface area (Å²) in [5, 5.41) is 2.99. The van der Waals surface area contributed by atoms with Crippen LogP contribution in [0, 0.1) is 6.92 Å². The van der Waals surface area contributed by atoms with Gasteiger partial charge in [-0.3, -0.25) is 13.9 Å². The molecule has 3 aromatic rings. The molecule has 0 fully saturated rings. The molecule has 0 aromatic heterocycles. The topological polar surface area (TPSA) is 86.8 Å². The lowest BCUT2D eigenvalue weighted by atomic mass is 10.0. The van der Waals surface area contributed by atoms with Gasteiger partial charge >= 0.3 is 0 Å². The molecule has 1 N–H and O–H groups in total. The predicted octanol–water partition coefficient (Wildman–Crippen LogP) is 5.08. The maximum atomic E-state index is 14.1. The second kappa shape index (κ2) is 14.3. The van der Waals surface area contributed by atoms with E-state index >= 15 is 0 Å². The molecule has 9 heteroatoms. The van der Waals surface area contributed by atoms with Gasteiger partial charge in [-0.05, 0) is 48.2 Å². The Morgan fingerprint density at radius 2 is 1.67 bits per heavy atom. The van der Waals surface area contributed by atoms with E-state index in [2.05, 4.69) is 21.2 Å². The van der Waals surface area contributed by atoms with Crippen LogP contribution < -0.4 is 9.62 Å². The summed E-state index contributed by atoms with van der Waals surface area (Å²) in [5.41, 5.74) is 3.14. The van der Waals surface area contributed by atoms with Crippen molar-refractivity contribution in [3.05, 3.63) is 100 Å². The molecular formula is C30H36BrN3O4S. The fraction of sp³-hybridized carbons (Fsp3) is 0.333. The molecule has 7 nitrogen and oxygen atoms in total. The number of halogens is 1. The molecule has 3 aromatic carbocycles. The molecular weight excluding hydrogens is 578 g/mol. The van der Waals surface area contributed by atoms with E-state index in [0.717, 1.165) is 40.1 Å². The van der Waals surface area contributed by atoms with Gasteiger partial charge in [0.05, 0.1) is 11.9 Å². The molecule has 0 bridgehead atoms. The summed E-state index contributed by atoms with van der Waals surface area (Å²) in [6.45, 7) is 4.23. The Bertz CT molecular complexity index is 1370.